The molecule has 0 amide bonds. The highest BCUT2D eigenvalue weighted by molar-refractivity contribution is 6.09. The lowest BCUT2D eigenvalue weighted by molar-refractivity contribution is -0.301. The fourth-order valence-corrected chi connectivity index (χ4v) is 3.80. The predicted molar refractivity (Wildman–Crippen MR) is 108 cm³/mol. The summed E-state index contributed by atoms with van der Waals surface area (Å²) in [4.78, 5) is 5.19. The molecular weight excluding hydrogens is 376 g/mol. The molecule has 1 aliphatic heterocycles. The Bertz CT molecular complexity index is 1030. The quantitative estimate of drug-likeness (QED) is 0.375. The second-order valence-electron chi connectivity index (χ2n) is 7.08. The van der Waals surface area contributed by atoms with Crippen LogP contribution in [0.15, 0.2) is 47.6 Å². The van der Waals surface area contributed by atoms with Gasteiger partial charge in [0, 0.05) is 28.4 Å². The Kier molecular flexibility index (Phi) is 5.53. The van der Waals surface area contributed by atoms with Gasteiger partial charge in [0.2, 0.25) is 0 Å². The molecule has 2 heterocycles. The molecule has 0 radical (unpaired) electrons. The van der Waals surface area contributed by atoms with Crippen molar-refractivity contribution in [2.75, 3.05) is 6.61 Å². The molecule has 0 bridgehead atoms. The van der Waals surface area contributed by atoms with Crippen LogP contribution in [0.1, 0.15) is 12.5 Å². The summed E-state index contributed by atoms with van der Waals surface area (Å²) in [6, 6.07) is 14.1. The van der Waals surface area contributed by atoms with Gasteiger partial charge in [-0.05, 0) is 30.7 Å². The Balaban J connectivity index is 1.56. The topological polar surface area (TPSA) is 117 Å². The molecule has 4 rings (SSSR count). The van der Waals surface area contributed by atoms with Crippen molar-refractivity contribution in [1.82, 2.24) is 4.57 Å². The van der Waals surface area contributed by atoms with Gasteiger partial charge in [-0.3, -0.25) is 0 Å². The molecule has 154 valence electrons. The van der Waals surface area contributed by atoms with Gasteiger partial charge in [-0.15, -0.1) is 0 Å². The number of hydrogen-bond donors (Lipinski definition) is 4. The van der Waals surface area contributed by atoms with E-state index < -0.39 is 37.3 Å². The second-order valence-corrected chi connectivity index (χ2v) is 7.08. The van der Waals surface area contributed by atoms with E-state index in [-0.39, 0.29) is 0 Å². The molecule has 29 heavy (non-hydrogen) atoms. The first-order valence-corrected chi connectivity index (χ1v) is 9.55. The zero-order valence-electron chi connectivity index (χ0n) is 15.9. The van der Waals surface area contributed by atoms with Crippen molar-refractivity contribution in [3.63, 3.8) is 0 Å². The van der Waals surface area contributed by atoms with Crippen LogP contribution in [0.5, 0.6) is 0 Å². The third-order valence-corrected chi connectivity index (χ3v) is 5.33. The second kappa shape index (κ2) is 8.10. The van der Waals surface area contributed by atoms with Crippen LogP contribution >= 0.6 is 0 Å². The number of nitrogens with zero attached hydrogens (tertiary/aromatic N) is 2. The van der Waals surface area contributed by atoms with Crippen molar-refractivity contribution in [1.29, 1.82) is 0 Å². The van der Waals surface area contributed by atoms with E-state index in [1.807, 2.05) is 30.3 Å². The number of ether oxygens (including phenoxy) is 1. The molecule has 1 aliphatic rings. The van der Waals surface area contributed by atoms with E-state index >= 15 is 0 Å². The van der Waals surface area contributed by atoms with Gasteiger partial charge in [0.1, 0.15) is 24.4 Å². The number of oxime groups is 1. The summed E-state index contributed by atoms with van der Waals surface area (Å²) in [7, 11) is 0. The fraction of sp³-hybridized carbons (Fsp3) is 0.381. The molecule has 1 saturated heterocycles. The number of hydrogen-bond acceptors (Lipinski definition) is 7. The van der Waals surface area contributed by atoms with Gasteiger partial charge in [-0.2, -0.15) is 0 Å². The molecule has 5 atom stereocenters. The number of aliphatic hydroxyl groups excluding tert-OH is 4. The largest absolute Gasteiger partial charge is 0.394 e. The molecule has 4 N–H and O–H groups in total. The highest BCUT2D eigenvalue weighted by Crippen LogP contribution is 2.29. The predicted octanol–water partition coefficient (Wildman–Crippen LogP) is 0.965. The summed E-state index contributed by atoms with van der Waals surface area (Å²) in [6.45, 7) is 2.44. The lowest BCUT2D eigenvalue weighted by Gasteiger charge is -2.38. The first-order chi connectivity index (χ1) is 14.0. The van der Waals surface area contributed by atoms with Crippen LogP contribution in [-0.2, 0) is 16.1 Å². The molecule has 0 spiro atoms. The van der Waals surface area contributed by atoms with E-state index in [0.717, 1.165) is 33.9 Å². The standard InChI is InChI=1S/C21H24N2O6/c1-2-23-15-6-4-3-5-13(15)14-9-12(7-8-16(14)23)10-22-29-21-20(27)19(26)18(25)17(11-24)28-21/h3-10,17-21,24-27H,2,11H2,1H3/b22-10+/t17?,18?,19-,20?,21-/m0/s1. The average Bonchev–Trinajstić information content (AvgIpc) is 3.07. The number of benzene rings is 2. The third kappa shape index (κ3) is 3.50. The van der Waals surface area contributed by atoms with Crippen LogP contribution in [0.3, 0.4) is 0 Å². The number of aromatic nitrogens is 1. The minimum atomic E-state index is -1.50. The van der Waals surface area contributed by atoms with Crippen molar-refractivity contribution in [2.24, 2.45) is 5.16 Å². The van der Waals surface area contributed by atoms with Gasteiger partial charge in [0.05, 0.1) is 12.8 Å². The Morgan fingerprint density at radius 3 is 2.55 bits per heavy atom. The molecule has 8 heteroatoms. The maximum atomic E-state index is 9.99. The van der Waals surface area contributed by atoms with Gasteiger partial charge < -0.3 is 34.6 Å². The smallest absolute Gasteiger partial charge is 0.256 e. The molecule has 0 aliphatic carbocycles. The van der Waals surface area contributed by atoms with E-state index in [1.54, 1.807) is 0 Å². The molecule has 3 aromatic rings. The van der Waals surface area contributed by atoms with Crippen LogP contribution in [0.25, 0.3) is 21.8 Å². The molecule has 3 unspecified atom stereocenters. The van der Waals surface area contributed by atoms with Gasteiger partial charge >= 0.3 is 0 Å². The first-order valence-electron chi connectivity index (χ1n) is 9.55. The van der Waals surface area contributed by atoms with Crippen molar-refractivity contribution < 1.29 is 30.0 Å². The van der Waals surface area contributed by atoms with Crippen molar-refractivity contribution in [3.05, 3.63) is 48.0 Å². The summed E-state index contributed by atoms with van der Waals surface area (Å²) in [6.07, 6.45) is -5.28. The number of fused-ring (bicyclic) bond motifs is 3. The lowest BCUT2D eigenvalue weighted by Crippen LogP contribution is -2.58. The van der Waals surface area contributed by atoms with Crippen LogP contribution in [-0.4, -0.2) is 68.5 Å². The van der Waals surface area contributed by atoms with Gasteiger partial charge in [0.25, 0.3) is 6.29 Å². The van der Waals surface area contributed by atoms with E-state index in [1.165, 1.54) is 6.21 Å². The number of para-hydroxylation sites is 1. The van der Waals surface area contributed by atoms with Crippen molar-refractivity contribution in [2.45, 2.75) is 44.2 Å². The monoisotopic (exact) mass is 400 g/mol. The highest BCUT2D eigenvalue weighted by atomic mass is 16.8. The van der Waals surface area contributed by atoms with E-state index in [0.29, 0.717) is 0 Å². The molecule has 1 fully saturated rings. The number of aliphatic hydroxyl groups is 4. The Morgan fingerprint density at radius 1 is 1.03 bits per heavy atom. The third-order valence-electron chi connectivity index (χ3n) is 5.33. The average molecular weight is 400 g/mol. The molecular formula is C21H24N2O6. The normalized spacial score (nSPS) is 27.8. The first kappa shape index (κ1) is 19.8. The van der Waals surface area contributed by atoms with E-state index in [9.17, 15) is 20.4 Å². The minimum absolute atomic E-state index is 0.521. The van der Waals surface area contributed by atoms with Crippen LogP contribution in [0.4, 0.5) is 0 Å². The van der Waals surface area contributed by atoms with Gasteiger partial charge in [0.15, 0.2) is 0 Å². The molecule has 1 aromatic heterocycles. The van der Waals surface area contributed by atoms with Gasteiger partial charge in [-0.25, -0.2) is 0 Å². The zero-order valence-corrected chi connectivity index (χ0v) is 15.9. The summed E-state index contributed by atoms with van der Waals surface area (Å²) >= 11 is 0. The van der Waals surface area contributed by atoms with Gasteiger partial charge in [-0.1, -0.05) is 29.4 Å². The Hall–Kier alpha value is -2.49. The highest BCUT2D eigenvalue weighted by Gasteiger charge is 2.44. The lowest BCUT2D eigenvalue weighted by atomic mass is 9.99. The Morgan fingerprint density at radius 2 is 1.79 bits per heavy atom. The SMILES string of the molecule is CCn1c2ccccc2c2cc(/C=N/O[C@@H]3OC(CO)C(O)[C@H](O)C3O)ccc21. The molecule has 8 nitrogen and oxygen atoms in total. The van der Waals surface area contributed by atoms with Crippen LogP contribution in [0.2, 0.25) is 0 Å². The van der Waals surface area contributed by atoms with Crippen LogP contribution in [0, 0.1) is 0 Å². The minimum Gasteiger partial charge on any atom is -0.394 e. The van der Waals surface area contributed by atoms with E-state index in [4.69, 9.17) is 9.57 Å². The molecule has 2 aromatic carbocycles. The summed E-state index contributed by atoms with van der Waals surface area (Å²) in [5.74, 6) is 0. The van der Waals surface area contributed by atoms with Crippen LogP contribution < -0.4 is 0 Å². The number of aryl methyl sites for hydroxylation is 1. The summed E-state index contributed by atoms with van der Waals surface area (Å²) in [5.41, 5.74) is 3.08. The summed E-state index contributed by atoms with van der Waals surface area (Å²) in [5, 5.41) is 44.9. The zero-order chi connectivity index (χ0) is 20.5. The van der Waals surface area contributed by atoms with E-state index in [2.05, 4.69) is 28.8 Å². The fourth-order valence-electron chi connectivity index (χ4n) is 3.80. The molecule has 0 saturated carbocycles. The number of rotatable bonds is 5. The van der Waals surface area contributed by atoms with Crippen molar-refractivity contribution >= 4 is 28.0 Å². The van der Waals surface area contributed by atoms with Crippen molar-refractivity contribution in [3.8, 4) is 0 Å². The maximum Gasteiger partial charge on any atom is 0.256 e. The summed E-state index contributed by atoms with van der Waals surface area (Å²) < 4.78 is 7.51. The Labute approximate surface area is 167 Å². The maximum absolute atomic E-state index is 9.99.